The van der Waals surface area contributed by atoms with Gasteiger partial charge in [0.2, 0.25) is 0 Å². The number of aryl methyl sites for hydroxylation is 2. The molecule has 2 aromatic rings. The maximum atomic E-state index is 12.1. The van der Waals surface area contributed by atoms with Crippen LogP contribution in [0.3, 0.4) is 0 Å². The first-order chi connectivity index (χ1) is 15.6. The molecule has 1 aliphatic heterocycles. The molecule has 1 fully saturated rings. The number of aliphatic imine (C=N–C) groups is 1. The van der Waals surface area contributed by atoms with Gasteiger partial charge in [-0.1, -0.05) is 12.1 Å². The second-order valence-electron chi connectivity index (χ2n) is 8.05. The second-order valence-corrected chi connectivity index (χ2v) is 8.05. The normalized spacial score (nSPS) is 16.1. The fourth-order valence-electron chi connectivity index (χ4n) is 3.45. The quantitative estimate of drug-likeness (QED) is 0.297. The van der Waals surface area contributed by atoms with Crippen molar-refractivity contribution in [2.24, 2.45) is 10.9 Å². The number of nitrogens with one attached hydrogen (secondary N) is 3. The number of ether oxygens (including phenoxy) is 2. The summed E-state index contributed by atoms with van der Waals surface area (Å²) < 4.78 is 16.8. The van der Waals surface area contributed by atoms with Gasteiger partial charge in [0.25, 0.3) is 5.91 Å². The highest BCUT2D eigenvalue weighted by molar-refractivity contribution is 5.92. The van der Waals surface area contributed by atoms with Gasteiger partial charge < -0.3 is 29.8 Å². The number of carbonyl (C=O) groups excluding carboxylic acids is 1. The molecule has 1 unspecified atom stereocenters. The number of guanidine groups is 1. The molecule has 8 nitrogen and oxygen atoms in total. The van der Waals surface area contributed by atoms with Crippen molar-refractivity contribution >= 4 is 11.9 Å². The number of carbonyl (C=O) groups is 1. The summed E-state index contributed by atoms with van der Waals surface area (Å²) in [6, 6.07) is 8.02. The lowest BCUT2D eigenvalue weighted by Crippen LogP contribution is -2.38. The molecule has 0 aliphatic carbocycles. The van der Waals surface area contributed by atoms with Gasteiger partial charge in [-0.05, 0) is 44.4 Å². The van der Waals surface area contributed by atoms with Crippen LogP contribution in [0.15, 0.2) is 39.9 Å². The summed E-state index contributed by atoms with van der Waals surface area (Å²) in [6.07, 6.45) is 3.33. The van der Waals surface area contributed by atoms with Crippen LogP contribution in [-0.4, -0.2) is 51.8 Å². The van der Waals surface area contributed by atoms with E-state index in [9.17, 15) is 4.79 Å². The Kier molecular flexibility index (Phi) is 8.98. The summed E-state index contributed by atoms with van der Waals surface area (Å²) in [4.78, 5) is 16.3. The number of amides is 1. The Morgan fingerprint density at radius 3 is 2.75 bits per heavy atom. The predicted molar refractivity (Wildman–Crippen MR) is 124 cm³/mol. The van der Waals surface area contributed by atoms with Crippen molar-refractivity contribution in [2.45, 2.75) is 33.2 Å². The Hall–Kier alpha value is -3.00. The summed E-state index contributed by atoms with van der Waals surface area (Å²) in [5.41, 5.74) is 3.08. The smallest absolute Gasteiger partial charge is 0.287 e. The molecule has 0 radical (unpaired) electrons. The number of hydrogen-bond donors (Lipinski definition) is 3. The van der Waals surface area contributed by atoms with Gasteiger partial charge in [0.1, 0.15) is 5.75 Å². The monoisotopic (exact) mass is 442 g/mol. The summed E-state index contributed by atoms with van der Waals surface area (Å²) >= 11 is 0. The van der Waals surface area contributed by atoms with E-state index in [1.807, 2.05) is 6.92 Å². The maximum absolute atomic E-state index is 12.1. The molecule has 174 valence electrons. The van der Waals surface area contributed by atoms with Crippen LogP contribution in [0.4, 0.5) is 0 Å². The van der Waals surface area contributed by atoms with Crippen LogP contribution < -0.4 is 20.7 Å². The van der Waals surface area contributed by atoms with E-state index in [1.165, 1.54) is 11.8 Å². The van der Waals surface area contributed by atoms with Crippen molar-refractivity contribution in [2.75, 3.05) is 40.0 Å². The zero-order valence-corrected chi connectivity index (χ0v) is 19.2. The van der Waals surface area contributed by atoms with E-state index < -0.39 is 0 Å². The molecule has 32 heavy (non-hydrogen) atoms. The second kappa shape index (κ2) is 12.1. The summed E-state index contributed by atoms with van der Waals surface area (Å²) in [6.45, 7) is 8.01. The molecule has 1 aliphatic rings. The van der Waals surface area contributed by atoms with Crippen molar-refractivity contribution in [3.8, 4) is 5.75 Å². The van der Waals surface area contributed by atoms with Crippen LogP contribution in [0.2, 0.25) is 0 Å². The highest BCUT2D eigenvalue weighted by Crippen LogP contribution is 2.22. The largest absolute Gasteiger partial charge is 0.493 e. The molecule has 1 atom stereocenters. The highest BCUT2D eigenvalue weighted by Gasteiger charge is 2.17. The van der Waals surface area contributed by atoms with E-state index in [0.29, 0.717) is 43.9 Å². The summed E-state index contributed by atoms with van der Waals surface area (Å²) in [5.74, 6) is 2.24. The Bertz CT molecular complexity index is 903. The number of benzene rings is 1. The first-order valence-corrected chi connectivity index (χ1v) is 11.1. The third-order valence-corrected chi connectivity index (χ3v) is 5.39. The van der Waals surface area contributed by atoms with Gasteiger partial charge in [-0.2, -0.15) is 0 Å². The minimum absolute atomic E-state index is 0.189. The van der Waals surface area contributed by atoms with Crippen LogP contribution in [0.5, 0.6) is 5.75 Å². The van der Waals surface area contributed by atoms with E-state index in [0.717, 1.165) is 42.9 Å². The van der Waals surface area contributed by atoms with Crippen LogP contribution in [0, 0.1) is 19.8 Å². The molecule has 0 saturated carbocycles. The van der Waals surface area contributed by atoms with Gasteiger partial charge in [-0.15, -0.1) is 0 Å². The van der Waals surface area contributed by atoms with Crippen LogP contribution in [0.25, 0.3) is 0 Å². The van der Waals surface area contributed by atoms with E-state index >= 15 is 0 Å². The number of rotatable bonds is 10. The fraction of sp³-hybridized carbons (Fsp3) is 0.500. The Labute approximate surface area is 189 Å². The Morgan fingerprint density at radius 2 is 2.03 bits per heavy atom. The first kappa shape index (κ1) is 23.7. The summed E-state index contributed by atoms with van der Waals surface area (Å²) in [5, 5.41) is 9.48. The van der Waals surface area contributed by atoms with Gasteiger partial charge in [0.05, 0.1) is 19.5 Å². The van der Waals surface area contributed by atoms with E-state index in [2.05, 4.69) is 46.1 Å². The van der Waals surface area contributed by atoms with Crippen molar-refractivity contribution in [1.29, 1.82) is 0 Å². The average Bonchev–Trinajstić information content (AvgIpc) is 3.46. The molecule has 3 rings (SSSR count). The van der Waals surface area contributed by atoms with Gasteiger partial charge in [-0.25, -0.2) is 0 Å². The lowest BCUT2D eigenvalue weighted by molar-refractivity contribution is 0.0925. The first-order valence-electron chi connectivity index (χ1n) is 11.1. The highest BCUT2D eigenvalue weighted by atomic mass is 16.5. The number of furan rings is 1. The van der Waals surface area contributed by atoms with E-state index in [4.69, 9.17) is 13.9 Å². The van der Waals surface area contributed by atoms with Crippen LogP contribution in [-0.2, 0) is 11.3 Å². The lowest BCUT2D eigenvalue weighted by atomic mass is 10.1. The maximum Gasteiger partial charge on any atom is 0.287 e. The predicted octanol–water partition coefficient (Wildman–Crippen LogP) is 2.80. The number of nitrogens with zero attached hydrogens (tertiary/aromatic N) is 1. The van der Waals surface area contributed by atoms with Crippen molar-refractivity contribution < 1.29 is 18.7 Å². The van der Waals surface area contributed by atoms with Crippen LogP contribution >= 0.6 is 0 Å². The van der Waals surface area contributed by atoms with Gasteiger partial charge in [0.15, 0.2) is 11.7 Å². The van der Waals surface area contributed by atoms with Crippen molar-refractivity contribution in [1.82, 2.24) is 16.0 Å². The molecular formula is C24H34N4O4. The molecule has 3 N–H and O–H groups in total. The minimum Gasteiger partial charge on any atom is -0.493 e. The molecule has 1 saturated heterocycles. The van der Waals surface area contributed by atoms with Crippen molar-refractivity contribution in [3.05, 3.63) is 53.0 Å². The lowest BCUT2D eigenvalue weighted by Gasteiger charge is -2.17. The van der Waals surface area contributed by atoms with Gasteiger partial charge >= 0.3 is 0 Å². The number of hydrogen-bond acceptors (Lipinski definition) is 5. The van der Waals surface area contributed by atoms with E-state index in [1.54, 1.807) is 13.1 Å². The molecule has 1 aromatic carbocycles. The molecule has 0 bridgehead atoms. The summed E-state index contributed by atoms with van der Waals surface area (Å²) in [7, 11) is 1.74. The SMILES string of the molecule is CN=C(NCCCNC(=O)c1occc1C)NCc1ccc(C)cc1OCC1CCOC1. The van der Waals surface area contributed by atoms with Crippen molar-refractivity contribution in [3.63, 3.8) is 0 Å². The molecule has 2 heterocycles. The van der Waals surface area contributed by atoms with E-state index in [-0.39, 0.29) is 5.91 Å². The standard InChI is InChI=1S/C24H34N4O4/c1-17-5-6-20(21(13-17)32-16-19-8-11-30-15-19)14-28-24(25-3)27-10-4-9-26-23(29)22-18(2)7-12-31-22/h5-7,12-13,19H,4,8-11,14-16H2,1-3H3,(H,26,29)(H2,25,27,28). The minimum atomic E-state index is -0.189. The fourth-order valence-corrected chi connectivity index (χ4v) is 3.45. The molecular weight excluding hydrogens is 408 g/mol. The zero-order valence-electron chi connectivity index (χ0n) is 19.2. The van der Waals surface area contributed by atoms with Crippen LogP contribution in [0.1, 0.15) is 40.1 Å². The van der Waals surface area contributed by atoms with Gasteiger partial charge in [-0.3, -0.25) is 9.79 Å². The molecule has 1 amide bonds. The molecule has 8 heteroatoms. The molecule has 1 aromatic heterocycles. The zero-order chi connectivity index (χ0) is 22.8. The third kappa shape index (κ3) is 7.02. The average molecular weight is 443 g/mol. The Balaban J connectivity index is 1.40. The topological polar surface area (TPSA) is 97.1 Å². The molecule has 0 spiro atoms. The van der Waals surface area contributed by atoms with Gasteiger partial charge in [0, 0.05) is 50.3 Å². The third-order valence-electron chi connectivity index (χ3n) is 5.39. The Morgan fingerprint density at radius 1 is 1.19 bits per heavy atom.